The highest BCUT2D eigenvalue weighted by molar-refractivity contribution is 5.96. The van der Waals surface area contributed by atoms with E-state index in [1.54, 1.807) is 0 Å². The molecule has 1 saturated carbocycles. The van der Waals surface area contributed by atoms with Crippen LogP contribution < -0.4 is 10.9 Å². The second-order valence-electron chi connectivity index (χ2n) is 7.06. The lowest BCUT2D eigenvalue weighted by Crippen LogP contribution is -2.54. The number of nitrogens with one attached hydrogen (secondary N) is 2. The number of anilines is 1. The van der Waals surface area contributed by atoms with Crippen molar-refractivity contribution in [2.45, 2.75) is 39.2 Å². The number of nitro benzene ring substituents is 1. The quantitative estimate of drug-likeness (QED) is 0.496. The van der Waals surface area contributed by atoms with Crippen molar-refractivity contribution >= 4 is 23.3 Å². The first-order valence-electron chi connectivity index (χ1n) is 7.68. The van der Waals surface area contributed by atoms with Crippen molar-refractivity contribution in [3.63, 3.8) is 0 Å². The van der Waals surface area contributed by atoms with Crippen molar-refractivity contribution in [2.24, 2.45) is 10.8 Å². The fraction of sp³-hybridized carbons (Fsp3) is 0.500. The van der Waals surface area contributed by atoms with Gasteiger partial charge in [-0.05, 0) is 31.9 Å². The highest BCUT2D eigenvalue weighted by Crippen LogP contribution is 2.65. The average molecular weight is 333 g/mol. The van der Waals surface area contributed by atoms with Crippen molar-refractivity contribution in [1.82, 2.24) is 5.43 Å². The molecule has 0 spiro atoms. The lowest BCUT2D eigenvalue weighted by Gasteiger charge is -2.35. The van der Waals surface area contributed by atoms with Crippen LogP contribution in [0.1, 0.15) is 33.6 Å². The van der Waals surface area contributed by atoms with Gasteiger partial charge in [-0.3, -0.25) is 30.6 Å². The Labute approximate surface area is 138 Å². The molecule has 2 fully saturated rings. The fourth-order valence-corrected chi connectivity index (χ4v) is 3.64. The molecule has 128 valence electrons. The molecule has 2 atom stereocenters. The van der Waals surface area contributed by atoms with Crippen molar-refractivity contribution in [2.75, 3.05) is 5.43 Å². The number of nitrogens with zero attached hydrogens (tertiary/aromatic N) is 1. The summed E-state index contributed by atoms with van der Waals surface area (Å²) in [6.45, 7) is 5.58. The first-order chi connectivity index (χ1) is 11.1. The number of ether oxygens (including phenoxy) is 1. The minimum atomic E-state index is -1.20. The van der Waals surface area contributed by atoms with Crippen molar-refractivity contribution < 1.29 is 19.2 Å². The minimum absolute atomic E-state index is 0.0390. The molecule has 8 nitrogen and oxygen atoms in total. The van der Waals surface area contributed by atoms with E-state index < -0.39 is 27.3 Å². The molecule has 2 bridgehead atoms. The molecule has 0 aromatic heterocycles. The number of non-ortho nitro benzene ring substituents is 1. The molecule has 1 aliphatic heterocycles. The molecule has 2 aliphatic rings. The van der Waals surface area contributed by atoms with E-state index >= 15 is 0 Å². The van der Waals surface area contributed by atoms with E-state index in [9.17, 15) is 19.7 Å². The number of carbonyl (C=O) groups excluding carboxylic acids is 2. The van der Waals surface area contributed by atoms with Gasteiger partial charge in [0.25, 0.3) is 11.6 Å². The molecule has 24 heavy (non-hydrogen) atoms. The monoisotopic (exact) mass is 333 g/mol. The third-order valence-electron chi connectivity index (χ3n) is 5.85. The molecule has 1 aliphatic carbocycles. The summed E-state index contributed by atoms with van der Waals surface area (Å²) in [5, 5.41) is 10.6. The minimum Gasteiger partial charge on any atom is -0.448 e. The molecule has 1 amide bonds. The van der Waals surface area contributed by atoms with E-state index in [1.807, 2.05) is 20.8 Å². The number of hydrogen-bond donors (Lipinski definition) is 2. The Morgan fingerprint density at radius 1 is 1.21 bits per heavy atom. The molecule has 8 heteroatoms. The summed E-state index contributed by atoms with van der Waals surface area (Å²) in [4.78, 5) is 35.0. The van der Waals surface area contributed by atoms with Gasteiger partial charge in [0, 0.05) is 17.5 Å². The van der Waals surface area contributed by atoms with Crippen LogP contribution in [0.2, 0.25) is 0 Å². The Hall–Kier alpha value is -2.64. The normalized spacial score (nSPS) is 29.9. The second kappa shape index (κ2) is 4.93. The molecule has 0 unspecified atom stereocenters. The molecular formula is C16H19N3O5. The maximum absolute atomic E-state index is 12.7. The molecular weight excluding hydrogens is 314 g/mol. The number of amides is 1. The van der Waals surface area contributed by atoms with E-state index in [2.05, 4.69) is 10.9 Å². The predicted molar refractivity (Wildman–Crippen MR) is 84.8 cm³/mol. The van der Waals surface area contributed by atoms with Crippen LogP contribution in [0.15, 0.2) is 24.3 Å². The van der Waals surface area contributed by atoms with E-state index in [0.29, 0.717) is 18.5 Å². The van der Waals surface area contributed by atoms with E-state index in [1.165, 1.54) is 24.3 Å². The summed E-state index contributed by atoms with van der Waals surface area (Å²) in [6.07, 6.45) is 1.07. The van der Waals surface area contributed by atoms with Gasteiger partial charge in [0.1, 0.15) is 0 Å². The predicted octanol–water partition coefficient (Wildman–Crippen LogP) is 2.16. The van der Waals surface area contributed by atoms with Gasteiger partial charge in [0.2, 0.25) is 0 Å². The van der Waals surface area contributed by atoms with Crippen LogP contribution in [0.25, 0.3) is 0 Å². The van der Waals surface area contributed by atoms with Gasteiger partial charge in [-0.15, -0.1) is 0 Å². The highest BCUT2D eigenvalue weighted by Gasteiger charge is 2.75. The maximum Gasteiger partial charge on any atom is 0.313 e. The van der Waals surface area contributed by atoms with Crippen LogP contribution in [0.4, 0.5) is 11.4 Å². The fourth-order valence-electron chi connectivity index (χ4n) is 3.64. The number of esters is 1. The first kappa shape index (κ1) is 16.2. The third kappa shape index (κ3) is 1.92. The summed E-state index contributed by atoms with van der Waals surface area (Å²) in [5.41, 5.74) is 3.24. The van der Waals surface area contributed by atoms with Gasteiger partial charge >= 0.3 is 5.97 Å². The summed E-state index contributed by atoms with van der Waals surface area (Å²) >= 11 is 0. The molecule has 0 radical (unpaired) electrons. The Morgan fingerprint density at radius 2 is 1.83 bits per heavy atom. The van der Waals surface area contributed by atoms with Crippen molar-refractivity contribution in [3.8, 4) is 0 Å². The third-order valence-corrected chi connectivity index (χ3v) is 5.85. The molecule has 2 N–H and O–H groups in total. The number of nitro groups is 1. The van der Waals surface area contributed by atoms with Crippen molar-refractivity contribution in [1.29, 1.82) is 0 Å². The lowest BCUT2D eigenvalue weighted by molar-refractivity contribution is -0.384. The van der Waals surface area contributed by atoms with Crippen LogP contribution in [-0.4, -0.2) is 22.4 Å². The summed E-state index contributed by atoms with van der Waals surface area (Å²) in [6, 6.07) is 5.64. The number of carbonyl (C=O) groups is 2. The van der Waals surface area contributed by atoms with E-state index in [-0.39, 0.29) is 11.7 Å². The molecule has 3 rings (SSSR count). The Morgan fingerprint density at radius 3 is 2.29 bits per heavy atom. The van der Waals surface area contributed by atoms with Crippen LogP contribution in [-0.2, 0) is 14.3 Å². The van der Waals surface area contributed by atoms with Gasteiger partial charge in [-0.2, -0.15) is 0 Å². The van der Waals surface area contributed by atoms with Crippen molar-refractivity contribution in [3.05, 3.63) is 34.4 Å². The van der Waals surface area contributed by atoms with Crippen LogP contribution in [0, 0.1) is 20.9 Å². The van der Waals surface area contributed by atoms with Crippen LogP contribution >= 0.6 is 0 Å². The summed E-state index contributed by atoms with van der Waals surface area (Å²) in [5.74, 6) is -0.760. The van der Waals surface area contributed by atoms with Crippen LogP contribution in [0.3, 0.4) is 0 Å². The molecule has 1 heterocycles. The Balaban J connectivity index is 1.74. The first-order valence-corrected chi connectivity index (χ1v) is 7.68. The number of hydrogen-bond acceptors (Lipinski definition) is 6. The maximum atomic E-state index is 12.7. The highest BCUT2D eigenvalue weighted by atomic mass is 16.6. The second-order valence-corrected chi connectivity index (χ2v) is 7.06. The topological polar surface area (TPSA) is 111 Å². The zero-order valence-electron chi connectivity index (χ0n) is 13.7. The number of rotatable bonds is 4. The smallest absolute Gasteiger partial charge is 0.313 e. The SMILES string of the molecule is CC1(C)[C@@]2(C(=O)NNc3ccc([N+](=O)[O-])cc3)CC[C@]1(C)C(=O)O2. The Bertz CT molecular complexity index is 730. The van der Waals surface area contributed by atoms with Crippen LogP contribution in [0.5, 0.6) is 0 Å². The summed E-state index contributed by atoms with van der Waals surface area (Å²) in [7, 11) is 0. The largest absolute Gasteiger partial charge is 0.448 e. The molecule has 1 aromatic rings. The zero-order chi connectivity index (χ0) is 17.8. The van der Waals surface area contributed by atoms with E-state index in [4.69, 9.17) is 4.74 Å². The molecule has 1 aromatic carbocycles. The molecule has 1 saturated heterocycles. The van der Waals surface area contributed by atoms with Gasteiger partial charge < -0.3 is 4.74 Å². The van der Waals surface area contributed by atoms with Gasteiger partial charge in [0.15, 0.2) is 5.60 Å². The van der Waals surface area contributed by atoms with E-state index in [0.717, 1.165) is 0 Å². The average Bonchev–Trinajstić information content (AvgIpc) is 2.83. The number of hydrazine groups is 1. The lowest BCUT2D eigenvalue weighted by atomic mass is 9.66. The van der Waals surface area contributed by atoms with Gasteiger partial charge in [0.05, 0.1) is 16.0 Å². The van der Waals surface area contributed by atoms with Gasteiger partial charge in [-0.1, -0.05) is 13.8 Å². The Kier molecular flexibility index (Phi) is 3.33. The zero-order valence-corrected chi connectivity index (χ0v) is 13.7. The van der Waals surface area contributed by atoms with Gasteiger partial charge in [-0.25, -0.2) is 0 Å². The number of benzene rings is 1. The number of fused-ring (bicyclic) bond motifs is 2. The summed E-state index contributed by atoms with van der Waals surface area (Å²) < 4.78 is 5.49. The standard InChI is InChI=1S/C16H19N3O5/c1-14(2)15(3)8-9-16(14,24-13(15)21)12(20)18-17-10-4-6-11(7-5-10)19(22)23/h4-7,17H,8-9H2,1-3H3,(H,18,20)/t15-,16+/m1/s1.